The fourth-order valence-electron chi connectivity index (χ4n) is 4.71. The molecule has 3 aromatic rings. The van der Waals surface area contributed by atoms with Crippen molar-refractivity contribution in [2.24, 2.45) is 11.8 Å². The van der Waals surface area contributed by atoms with E-state index in [2.05, 4.69) is 10.5 Å². The lowest BCUT2D eigenvalue weighted by Gasteiger charge is -2.35. The van der Waals surface area contributed by atoms with Gasteiger partial charge in [-0.1, -0.05) is 35.8 Å². The first-order chi connectivity index (χ1) is 16.6. The normalized spacial score (nSPS) is 20.4. The first-order valence-electron chi connectivity index (χ1n) is 11.0. The Hall–Kier alpha value is -3.69. The zero-order chi connectivity index (χ0) is 25.3. The number of carbonyl (C=O) groups is 2. The molecule has 2 aromatic carbocycles. The molecule has 0 aliphatic heterocycles. The quantitative estimate of drug-likeness (QED) is 0.426. The Bertz CT molecular complexity index is 1240. The highest BCUT2D eigenvalue weighted by atomic mass is 19.4. The standard InChI is InChI=1S/C25H22F4N2O4/c1-13-19(12-30-35-13)15-7-5-14(6-8-15)17-3-2-4-18(22(17)24(33)34)23(32)31-21-10-9-16(11-20(21)26)25(27,28)29/h5-12,17-18,22H,2-4H2,1H3,(H,31,32)(H,33,34)/t17-,18-,22-/m1/s1. The Morgan fingerprint density at radius 3 is 2.40 bits per heavy atom. The predicted molar refractivity (Wildman–Crippen MR) is 118 cm³/mol. The number of amides is 1. The summed E-state index contributed by atoms with van der Waals surface area (Å²) < 4.78 is 57.7. The van der Waals surface area contributed by atoms with Crippen LogP contribution in [-0.4, -0.2) is 22.1 Å². The second-order valence-corrected chi connectivity index (χ2v) is 8.61. The number of rotatable bonds is 5. The van der Waals surface area contributed by atoms with Crippen molar-refractivity contribution < 1.29 is 36.8 Å². The molecule has 1 heterocycles. The predicted octanol–water partition coefficient (Wildman–Crippen LogP) is 6.03. The second kappa shape index (κ2) is 9.52. The zero-order valence-electron chi connectivity index (χ0n) is 18.6. The molecule has 0 radical (unpaired) electrons. The highest BCUT2D eigenvalue weighted by Gasteiger charge is 2.43. The van der Waals surface area contributed by atoms with Crippen LogP contribution in [0.2, 0.25) is 0 Å². The number of alkyl halides is 3. The van der Waals surface area contributed by atoms with Crippen LogP contribution in [0.3, 0.4) is 0 Å². The van der Waals surface area contributed by atoms with Crippen LogP contribution >= 0.6 is 0 Å². The smallest absolute Gasteiger partial charge is 0.416 e. The molecule has 35 heavy (non-hydrogen) atoms. The first kappa shape index (κ1) is 24.4. The van der Waals surface area contributed by atoms with Gasteiger partial charge in [-0.3, -0.25) is 9.59 Å². The largest absolute Gasteiger partial charge is 0.481 e. The van der Waals surface area contributed by atoms with E-state index in [0.29, 0.717) is 30.7 Å². The van der Waals surface area contributed by atoms with Crippen LogP contribution < -0.4 is 5.32 Å². The molecule has 1 saturated carbocycles. The van der Waals surface area contributed by atoms with Crippen LogP contribution in [0.5, 0.6) is 0 Å². The summed E-state index contributed by atoms with van der Waals surface area (Å²) >= 11 is 0. The number of carboxylic acid groups (broad SMARTS) is 1. The van der Waals surface area contributed by atoms with Gasteiger partial charge < -0.3 is 14.9 Å². The van der Waals surface area contributed by atoms with Crippen LogP contribution in [-0.2, 0) is 15.8 Å². The minimum absolute atomic E-state index is 0.263. The number of carbonyl (C=O) groups excluding carboxylic acids is 1. The lowest BCUT2D eigenvalue weighted by atomic mass is 9.69. The minimum Gasteiger partial charge on any atom is -0.481 e. The SMILES string of the molecule is Cc1oncc1-c1ccc([C@H]2CCC[C@@H](C(=O)Nc3ccc(C(F)(F)F)cc3F)[C@@H]2C(=O)O)cc1. The van der Waals surface area contributed by atoms with Crippen molar-refractivity contribution in [3.05, 3.63) is 71.4 Å². The second-order valence-electron chi connectivity index (χ2n) is 8.61. The van der Waals surface area contributed by atoms with Gasteiger partial charge in [0.15, 0.2) is 0 Å². The Kier molecular flexibility index (Phi) is 6.64. The first-order valence-corrected chi connectivity index (χ1v) is 11.0. The van der Waals surface area contributed by atoms with E-state index < -0.39 is 52.9 Å². The molecule has 1 aliphatic rings. The summed E-state index contributed by atoms with van der Waals surface area (Å²) in [7, 11) is 0. The summed E-state index contributed by atoms with van der Waals surface area (Å²) in [5, 5.41) is 16.0. The molecule has 1 amide bonds. The van der Waals surface area contributed by atoms with E-state index in [4.69, 9.17) is 4.52 Å². The van der Waals surface area contributed by atoms with Gasteiger partial charge in [0.1, 0.15) is 11.6 Å². The number of hydrogen-bond donors (Lipinski definition) is 2. The summed E-state index contributed by atoms with van der Waals surface area (Å²) in [5.41, 5.74) is 0.795. The molecule has 2 N–H and O–H groups in total. The van der Waals surface area contributed by atoms with E-state index in [0.717, 1.165) is 22.8 Å². The number of aliphatic carboxylic acids is 1. The van der Waals surface area contributed by atoms with Gasteiger partial charge in [0.05, 0.1) is 29.3 Å². The highest BCUT2D eigenvalue weighted by Crippen LogP contribution is 2.43. The van der Waals surface area contributed by atoms with Crippen molar-refractivity contribution in [3.63, 3.8) is 0 Å². The van der Waals surface area contributed by atoms with Crippen LogP contribution in [0, 0.1) is 24.6 Å². The molecular formula is C25H22F4N2O4. The van der Waals surface area contributed by atoms with Crippen LogP contribution in [0.4, 0.5) is 23.2 Å². The summed E-state index contributed by atoms with van der Waals surface area (Å²) in [6, 6.07) is 9.06. The molecule has 0 bridgehead atoms. The van der Waals surface area contributed by atoms with E-state index >= 15 is 0 Å². The van der Waals surface area contributed by atoms with Gasteiger partial charge in [-0.15, -0.1) is 0 Å². The number of anilines is 1. The van der Waals surface area contributed by atoms with E-state index in [-0.39, 0.29) is 6.42 Å². The molecule has 6 nitrogen and oxygen atoms in total. The molecule has 1 aromatic heterocycles. The molecule has 1 fully saturated rings. The van der Waals surface area contributed by atoms with Crippen molar-refractivity contribution in [2.45, 2.75) is 38.3 Å². The maximum atomic E-state index is 14.2. The maximum absolute atomic E-state index is 14.2. The van der Waals surface area contributed by atoms with Crippen LogP contribution in [0.25, 0.3) is 11.1 Å². The fourth-order valence-corrected chi connectivity index (χ4v) is 4.71. The van der Waals surface area contributed by atoms with E-state index in [9.17, 15) is 32.3 Å². The molecule has 3 atom stereocenters. The molecule has 0 unspecified atom stereocenters. The topological polar surface area (TPSA) is 92.4 Å². The number of halogens is 4. The number of nitrogens with one attached hydrogen (secondary N) is 1. The monoisotopic (exact) mass is 490 g/mol. The van der Waals surface area contributed by atoms with Crippen molar-refractivity contribution in [2.75, 3.05) is 5.32 Å². The van der Waals surface area contributed by atoms with Crippen LogP contribution in [0.1, 0.15) is 42.1 Å². The van der Waals surface area contributed by atoms with E-state index in [1.807, 2.05) is 12.1 Å². The summed E-state index contributed by atoms with van der Waals surface area (Å²) in [4.78, 5) is 25.2. The lowest BCUT2D eigenvalue weighted by Crippen LogP contribution is -2.40. The van der Waals surface area contributed by atoms with Crippen molar-refractivity contribution in [1.82, 2.24) is 5.16 Å². The number of carboxylic acids is 1. The maximum Gasteiger partial charge on any atom is 0.416 e. The van der Waals surface area contributed by atoms with Gasteiger partial charge in [0.2, 0.25) is 5.91 Å². The average Bonchev–Trinajstić information content (AvgIpc) is 3.25. The number of nitrogens with zero attached hydrogens (tertiary/aromatic N) is 1. The van der Waals surface area contributed by atoms with Crippen molar-refractivity contribution in [3.8, 4) is 11.1 Å². The summed E-state index contributed by atoms with van der Waals surface area (Å²) in [6.45, 7) is 1.78. The molecule has 1 aliphatic carbocycles. The molecule has 10 heteroatoms. The Balaban J connectivity index is 1.55. The Labute approximate surface area is 197 Å². The van der Waals surface area contributed by atoms with Gasteiger partial charge in [-0.05, 0) is 55.0 Å². The van der Waals surface area contributed by atoms with Crippen LogP contribution in [0.15, 0.2) is 53.2 Å². The van der Waals surface area contributed by atoms with E-state index in [1.54, 1.807) is 25.3 Å². The number of hydrogen-bond acceptors (Lipinski definition) is 4. The van der Waals surface area contributed by atoms with Gasteiger partial charge >= 0.3 is 12.1 Å². The third kappa shape index (κ3) is 5.06. The molecular weight excluding hydrogens is 468 g/mol. The number of benzene rings is 2. The van der Waals surface area contributed by atoms with Crippen molar-refractivity contribution >= 4 is 17.6 Å². The highest BCUT2D eigenvalue weighted by molar-refractivity contribution is 5.95. The minimum atomic E-state index is -4.73. The molecule has 0 saturated heterocycles. The van der Waals surface area contributed by atoms with E-state index in [1.165, 1.54) is 0 Å². The van der Waals surface area contributed by atoms with Gasteiger partial charge in [0, 0.05) is 5.56 Å². The molecule has 0 spiro atoms. The Morgan fingerprint density at radius 1 is 1.11 bits per heavy atom. The lowest BCUT2D eigenvalue weighted by molar-refractivity contribution is -0.148. The number of aryl methyl sites for hydroxylation is 1. The number of aromatic nitrogens is 1. The third-order valence-corrected chi connectivity index (χ3v) is 6.47. The summed E-state index contributed by atoms with van der Waals surface area (Å²) in [6.07, 6.45) is -1.77. The van der Waals surface area contributed by atoms with Crippen molar-refractivity contribution in [1.29, 1.82) is 0 Å². The third-order valence-electron chi connectivity index (χ3n) is 6.47. The van der Waals surface area contributed by atoms with Gasteiger partial charge in [-0.2, -0.15) is 13.2 Å². The Morgan fingerprint density at radius 2 is 1.83 bits per heavy atom. The molecule has 4 rings (SSSR count). The molecule has 184 valence electrons. The fraction of sp³-hybridized carbons (Fsp3) is 0.320. The summed E-state index contributed by atoms with van der Waals surface area (Å²) in [5.74, 6) is -5.03. The average molecular weight is 490 g/mol. The van der Waals surface area contributed by atoms with Gasteiger partial charge in [-0.25, -0.2) is 4.39 Å². The van der Waals surface area contributed by atoms with Gasteiger partial charge in [0.25, 0.3) is 0 Å². The zero-order valence-corrected chi connectivity index (χ0v) is 18.6.